The van der Waals surface area contributed by atoms with E-state index in [1.165, 1.54) is 82.6 Å². The highest BCUT2D eigenvalue weighted by Gasteiger charge is 2.35. The second kappa shape index (κ2) is 9.27. The van der Waals surface area contributed by atoms with Gasteiger partial charge in [0.25, 0.3) is 0 Å². The van der Waals surface area contributed by atoms with Crippen molar-refractivity contribution < 1.29 is 0 Å². The lowest BCUT2D eigenvalue weighted by molar-refractivity contribution is 0.368. The van der Waals surface area contributed by atoms with Crippen LogP contribution in [0, 0.1) is 5.41 Å². The molecule has 0 spiro atoms. The number of allylic oxidation sites excluding steroid dienone is 8. The van der Waals surface area contributed by atoms with E-state index >= 15 is 0 Å². The molecule has 0 amide bonds. The summed E-state index contributed by atoms with van der Waals surface area (Å²) in [6, 6.07) is 0. The molecule has 1 unspecified atom stereocenters. The Kier molecular flexibility index (Phi) is 6.78. The highest BCUT2D eigenvalue weighted by atomic mass is 14.8. The van der Waals surface area contributed by atoms with Gasteiger partial charge in [0.05, 0.1) is 0 Å². The van der Waals surface area contributed by atoms with Crippen molar-refractivity contribution in [3.8, 4) is 0 Å². The maximum Gasteiger partial charge on any atom is 0.00971 e. The van der Waals surface area contributed by atoms with Crippen molar-refractivity contribution in [3.63, 3.8) is 0 Å². The van der Waals surface area contributed by atoms with Crippen LogP contribution in [0.25, 0.3) is 0 Å². The van der Waals surface area contributed by atoms with Crippen LogP contribution in [-0.2, 0) is 0 Å². The molecule has 0 saturated heterocycles. The van der Waals surface area contributed by atoms with Crippen molar-refractivity contribution in [2.75, 3.05) is 0 Å². The van der Waals surface area contributed by atoms with Gasteiger partial charge in [-0.2, -0.15) is 0 Å². The van der Waals surface area contributed by atoms with Crippen LogP contribution < -0.4 is 5.32 Å². The van der Waals surface area contributed by atoms with Crippen LogP contribution in [0.2, 0.25) is 0 Å². The molecule has 3 aliphatic rings. The second-order valence-electron chi connectivity index (χ2n) is 7.93. The fourth-order valence-corrected chi connectivity index (χ4v) is 4.73. The molecule has 0 aromatic rings. The summed E-state index contributed by atoms with van der Waals surface area (Å²) >= 11 is 0. The van der Waals surface area contributed by atoms with E-state index in [4.69, 9.17) is 0 Å². The topological polar surface area (TPSA) is 12.0 Å². The first-order valence-corrected chi connectivity index (χ1v) is 10.5. The van der Waals surface area contributed by atoms with E-state index in [9.17, 15) is 0 Å². The summed E-state index contributed by atoms with van der Waals surface area (Å²) < 4.78 is 0. The minimum Gasteiger partial charge on any atom is -0.367 e. The summed E-state index contributed by atoms with van der Waals surface area (Å²) in [4.78, 5) is 0. The van der Waals surface area contributed by atoms with Gasteiger partial charge in [0.2, 0.25) is 0 Å². The minimum absolute atomic E-state index is 0.435. The first kappa shape index (κ1) is 18.3. The third-order valence-corrected chi connectivity index (χ3v) is 6.32. The van der Waals surface area contributed by atoms with E-state index in [-0.39, 0.29) is 0 Å². The largest absolute Gasteiger partial charge is 0.367 e. The van der Waals surface area contributed by atoms with Gasteiger partial charge in [0, 0.05) is 17.8 Å². The standard InChI is InChI=1S/C24H35N/c1-2-24(18-16-22-14-7-8-15-23(22)24)17-10-5-3-4-6-12-21-13-9-11-19-25-20-21/h9,11,13,16,18-20,25H,2-8,10,12,14-15,17H2,1H3. The SMILES string of the molecule is CCC1(CCCCCCCC2=CNC=CC=C2)C=CC2=C1CCCC2. The zero-order valence-electron chi connectivity index (χ0n) is 16.0. The Morgan fingerprint density at radius 2 is 1.80 bits per heavy atom. The number of rotatable bonds is 9. The number of unbranched alkanes of at least 4 members (excludes halogenated alkanes) is 4. The predicted octanol–water partition coefficient (Wildman–Crippen LogP) is 7.11. The van der Waals surface area contributed by atoms with Crippen LogP contribution >= 0.6 is 0 Å². The molecule has 2 aliphatic carbocycles. The molecule has 0 saturated carbocycles. The molecule has 136 valence electrons. The maximum absolute atomic E-state index is 3.21. The van der Waals surface area contributed by atoms with E-state index in [1.807, 2.05) is 11.8 Å². The molecule has 0 aromatic heterocycles. The molecular formula is C24H35N. The molecule has 1 N–H and O–H groups in total. The van der Waals surface area contributed by atoms with Gasteiger partial charge >= 0.3 is 0 Å². The molecule has 3 rings (SSSR count). The number of nitrogens with one attached hydrogen (secondary N) is 1. The van der Waals surface area contributed by atoms with Crippen LogP contribution in [0.5, 0.6) is 0 Å². The van der Waals surface area contributed by atoms with Crippen molar-refractivity contribution in [1.82, 2.24) is 5.32 Å². The molecule has 0 fully saturated rings. The van der Waals surface area contributed by atoms with Gasteiger partial charge in [-0.25, -0.2) is 0 Å². The van der Waals surface area contributed by atoms with Gasteiger partial charge in [-0.15, -0.1) is 0 Å². The van der Waals surface area contributed by atoms with Crippen molar-refractivity contribution in [2.45, 2.75) is 84.0 Å². The summed E-state index contributed by atoms with van der Waals surface area (Å²) in [5, 5.41) is 3.21. The molecule has 0 radical (unpaired) electrons. The Hall–Kier alpha value is -1.50. The van der Waals surface area contributed by atoms with Crippen molar-refractivity contribution in [2.24, 2.45) is 5.41 Å². The van der Waals surface area contributed by atoms with Gasteiger partial charge in [-0.05, 0) is 68.6 Å². The average Bonchev–Trinajstić information content (AvgIpc) is 2.82. The summed E-state index contributed by atoms with van der Waals surface area (Å²) in [6.07, 6.45) is 31.8. The first-order valence-electron chi connectivity index (χ1n) is 10.5. The predicted molar refractivity (Wildman–Crippen MR) is 109 cm³/mol. The molecule has 0 bridgehead atoms. The molecule has 1 aliphatic heterocycles. The van der Waals surface area contributed by atoms with Gasteiger partial charge in [-0.3, -0.25) is 0 Å². The van der Waals surface area contributed by atoms with E-state index < -0.39 is 0 Å². The fourth-order valence-electron chi connectivity index (χ4n) is 4.73. The highest BCUT2D eigenvalue weighted by Crippen LogP contribution is 2.49. The van der Waals surface area contributed by atoms with E-state index in [2.05, 4.69) is 48.8 Å². The second-order valence-corrected chi connectivity index (χ2v) is 7.93. The lowest BCUT2D eigenvalue weighted by Crippen LogP contribution is -2.20. The van der Waals surface area contributed by atoms with Crippen molar-refractivity contribution in [1.29, 1.82) is 0 Å². The summed E-state index contributed by atoms with van der Waals surface area (Å²) in [6.45, 7) is 2.39. The van der Waals surface area contributed by atoms with Gasteiger partial charge < -0.3 is 5.32 Å². The van der Waals surface area contributed by atoms with Crippen LogP contribution in [0.15, 0.2) is 59.5 Å². The van der Waals surface area contributed by atoms with Crippen LogP contribution in [0.4, 0.5) is 0 Å². The third-order valence-electron chi connectivity index (χ3n) is 6.32. The Morgan fingerprint density at radius 1 is 0.960 bits per heavy atom. The van der Waals surface area contributed by atoms with Gasteiger partial charge in [0.1, 0.15) is 0 Å². The van der Waals surface area contributed by atoms with Crippen LogP contribution in [0.3, 0.4) is 0 Å². The monoisotopic (exact) mass is 337 g/mol. The van der Waals surface area contributed by atoms with E-state index in [1.54, 1.807) is 5.57 Å². The van der Waals surface area contributed by atoms with Gasteiger partial charge in [0.15, 0.2) is 0 Å². The minimum atomic E-state index is 0.435. The Morgan fingerprint density at radius 3 is 2.72 bits per heavy atom. The Labute approximate surface area is 154 Å². The maximum atomic E-state index is 3.21. The number of hydrogen-bond donors (Lipinski definition) is 1. The molecule has 25 heavy (non-hydrogen) atoms. The van der Waals surface area contributed by atoms with E-state index in [0.717, 1.165) is 0 Å². The molecule has 1 atom stereocenters. The quantitative estimate of drug-likeness (QED) is 0.442. The average molecular weight is 338 g/mol. The summed E-state index contributed by atoms with van der Waals surface area (Å²) in [7, 11) is 0. The highest BCUT2D eigenvalue weighted by molar-refractivity contribution is 5.42. The molecule has 1 heterocycles. The zero-order chi connectivity index (χ0) is 17.4. The van der Waals surface area contributed by atoms with Gasteiger partial charge in [-0.1, -0.05) is 62.5 Å². The molecular weight excluding hydrogens is 302 g/mol. The van der Waals surface area contributed by atoms with Crippen LogP contribution in [0.1, 0.15) is 84.0 Å². The summed E-state index contributed by atoms with van der Waals surface area (Å²) in [5.74, 6) is 0. The Balaban J connectivity index is 1.34. The molecule has 1 nitrogen and oxygen atoms in total. The lowest BCUT2D eigenvalue weighted by atomic mass is 9.72. The lowest BCUT2D eigenvalue weighted by Gasteiger charge is -2.32. The number of hydrogen-bond acceptors (Lipinski definition) is 1. The smallest absolute Gasteiger partial charge is 0.00971 e. The molecule has 0 aromatic carbocycles. The summed E-state index contributed by atoms with van der Waals surface area (Å²) in [5.41, 5.74) is 5.36. The molecule has 1 heteroatoms. The van der Waals surface area contributed by atoms with E-state index in [0.29, 0.717) is 5.41 Å². The van der Waals surface area contributed by atoms with Crippen molar-refractivity contribution in [3.05, 3.63) is 59.5 Å². The van der Waals surface area contributed by atoms with Crippen molar-refractivity contribution >= 4 is 0 Å². The normalized spacial score (nSPS) is 24.9. The first-order chi connectivity index (χ1) is 12.3. The van der Waals surface area contributed by atoms with Crippen LogP contribution in [-0.4, -0.2) is 0 Å². The Bertz CT molecular complexity index is 587. The zero-order valence-corrected chi connectivity index (χ0v) is 16.0. The fraction of sp³-hybridized carbons (Fsp3) is 0.583. The third kappa shape index (κ3) is 4.77.